The van der Waals surface area contributed by atoms with Crippen molar-refractivity contribution in [1.29, 1.82) is 0 Å². The van der Waals surface area contributed by atoms with Gasteiger partial charge in [0.15, 0.2) is 0 Å². The summed E-state index contributed by atoms with van der Waals surface area (Å²) in [4.78, 5) is 0. The van der Waals surface area contributed by atoms with Crippen molar-refractivity contribution < 1.29 is 4.39 Å². The first-order valence-electron chi connectivity index (χ1n) is 10.9. The van der Waals surface area contributed by atoms with Gasteiger partial charge in [0.05, 0.1) is 5.56 Å². The van der Waals surface area contributed by atoms with Crippen molar-refractivity contribution in [1.82, 2.24) is 0 Å². The van der Waals surface area contributed by atoms with Crippen LogP contribution in [0.2, 0.25) is 0 Å². The number of rotatable bonds is 3. The minimum Gasteiger partial charge on any atom is -0.205 e. The van der Waals surface area contributed by atoms with Gasteiger partial charge in [0.25, 0.3) is 0 Å². The molecule has 4 rings (SSSR count). The Bertz CT molecular complexity index is 1040. The third-order valence-electron chi connectivity index (χ3n) is 6.38. The quantitative estimate of drug-likeness (QED) is 0.411. The maximum atomic E-state index is 14.8. The summed E-state index contributed by atoms with van der Waals surface area (Å²) in [5, 5.41) is 1.56. The van der Waals surface area contributed by atoms with Crippen LogP contribution < -0.4 is 0 Å². The molecule has 0 nitrogen and oxygen atoms in total. The van der Waals surface area contributed by atoms with E-state index in [2.05, 4.69) is 43.0 Å². The fourth-order valence-corrected chi connectivity index (χ4v) is 4.39. The van der Waals surface area contributed by atoms with Crippen LogP contribution in [0.5, 0.6) is 0 Å². The van der Waals surface area contributed by atoms with E-state index in [1.807, 2.05) is 31.2 Å². The van der Waals surface area contributed by atoms with Gasteiger partial charge < -0.3 is 0 Å². The Kier molecular flexibility index (Phi) is 6.00. The Morgan fingerprint density at radius 1 is 0.897 bits per heavy atom. The molecule has 0 radical (unpaired) electrons. The lowest BCUT2D eigenvalue weighted by Gasteiger charge is -2.26. The van der Waals surface area contributed by atoms with E-state index in [-0.39, 0.29) is 5.82 Å². The zero-order chi connectivity index (χ0) is 20.2. The number of aryl methyl sites for hydroxylation is 2. The van der Waals surface area contributed by atoms with Crippen LogP contribution in [0.1, 0.15) is 61.3 Å². The van der Waals surface area contributed by atoms with Crippen molar-refractivity contribution in [2.45, 2.75) is 52.4 Å². The molecular formula is C28H29F. The van der Waals surface area contributed by atoms with E-state index in [1.165, 1.54) is 37.7 Å². The van der Waals surface area contributed by atoms with Crippen LogP contribution in [0.4, 0.5) is 4.39 Å². The predicted octanol–water partition coefficient (Wildman–Crippen LogP) is 7.45. The van der Waals surface area contributed by atoms with Crippen molar-refractivity contribution in [3.8, 4) is 11.8 Å². The van der Waals surface area contributed by atoms with Gasteiger partial charge in [-0.15, -0.1) is 0 Å². The third kappa shape index (κ3) is 4.88. The summed E-state index contributed by atoms with van der Waals surface area (Å²) in [5.41, 5.74) is 3.90. The second-order valence-electron chi connectivity index (χ2n) is 8.76. The number of hydrogen-bond acceptors (Lipinski definition) is 0. The van der Waals surface area contributed by atoms with Gasteiger partial charge in [0.1, 0.15) is 5.82 Å². The van der Waals surface area contributed by atoms with E-state index in [0.29, 0.717) is 10.9 Å². The minimum absolute atomic E-state index is 0.228. The summed E-state index contributed by atoms with van der Waals surface area (Å²) >= 11 is 0. The first-order valence-corrected chi connectivity index (χ1v) is 10.9. The van der Waals surface area contributed by atoms with Gasteiger partial charge in [-0.2, -0.15) is 0 Å². The lowest BCUT2D eigenvalue weighted by Crippen LogP contribution is -2.12. The summed E-state index contributed by atoms with van der Waals surface area (Å²) in [7, 11) is 0. The molecule has 0 aromatic heterocycles. The van der Waals surface area contributed by atoms with Crippen molar-refractivity contribution in [3.63, 3.8) is 0 Å². The van der Waals surface area contributed by atoms with Gasteiger partial charge in [-0.05, 0) is 60.7 Å². The molecule has 0 saturated heterocycles. The summed E-state index contributed by atoms with van der Waals surface area (Å²) in [5.74, 6) is 7.73. The Hall–Kier alpha value is -2.59. The van der Waals surface area contributed by atoms with E-state index >= 15 is 0 Å². The Morgan fingerprint density at radius 2 is 1.66 bits per heavy atom. The van der Waals surface area contributed by atoms with Crippen molar-refractivity contribution in [3.05, 3.63) is 82.7 Å². The van der Waals surface area contributed by atoms with E-state index in [9.17, 15) is 4.39 Å². The van der Waals surface area contributed by atoms with Crippen LogP contribution in [-0.2, 0) is 6.42 Å². The summed E-state index contributed by atoms with van der Waals surface area (Å²) < 4.78 is 14.8. The third-order valence-corrected chi connectivity index (χ3v) is 6.38. The van der Waals surface area contributed by atoms with Crippen LogP contribution in [0.15, 0.2) is 54.6 Å². The Balaban J connectivity index is 1.42. The van der Waals surface area contributed by atoms with E-state index in [1.54, 1.807) is 6.07 Å². The maximum Gasteiger partial charge on any atom is 0.146 e. The monoisotopic (exact) mass is 384 g/mol. The minimum atomic E-state index is -0.228. The van der Waals surface area contributed by atoms with E-state index in [0.717, 1.165) is 34.8 Å². The standard InChI is InChI=1S/C28H29F/c1-20-3-6-22(7-4-20)8-9-23-10-12-24(13-11-23)14-15-25-16-17-26-19-21(2)5-18-27(26)28(25)29/h5,10-13,16-20,22H,3-4,6-9H2,1-2H3. The first-order chi connectivity index (χ1) is 14.1. The first kappa shape index (κ1) is 19.7. The molecule has 0 unspecified atom stereocenters. The number of benzene rings is 3. The molecule has 148 valence electrons. The zero-order valence-electron chi connectivity index (χ0n) is 17.5. The Labute approximate surface area is 174 Å². The summed E-state index contributed by atoms with van der Waals surface area (Å²) in [6, 6.07) is 18.0. The van der Waals surface area contributed by atoms with Crippen molar-refractivity contribution in [2.75, 3.05) is 0 Å². The smallest absolute Gasteiger partial charge is 0.146 e. The molecule has 0 heterocycles. The maximum absolute atomic E-state index is 14.8. The second kappa shape index (κ2) is 8.83. The molecule has 1 aliphatic carbocycles. The lowest BCUT2D eigenvalue weighted by molar-refractivity contribution is 0.278. The predicted molar refractivity (Wildman–Crippen MR) is 121 cm³/mol. The average molecular weight is 385 g/mol. The van der Waals surface area contributed by atoms with Crippen molar-refractivity contribution >= 4 is 10.8 Å². The second-order valence-corrected chi connectivity index (χ2v) is 8.76. The molecule has 3 aromatic carbocycles. The lowest BCUT2D eigenvalue weighted by atomic mass is 9.80. The molecule has 1 fully saturated rings. The van der Waals surface area contributed by atoms with Crippen LogP contribution in [0.3, 0.4) is 0 Å². The van der Waals surface area contributed by atoms with Gasteiger partial charge in [0.2, 0.25) is 0 Å². The van der Waals surface area contributed by atoms with Crippen LogP contribution in [0.25, 0.3) is 10.8 Å². The fraction of sp³-hybridized carbons (Fsp3) is 0.357. The highest BCUT2D eigenvalue weighted by Crippen LogP contribution is 2.31. The highest BCUT2D eigenvalue weighted by Gasteiger charge is 2.17. The summed E-state index contributed by atoms with van der Waals surface area (Å²) in [6.07, 6.45) is 8.00. The van der Waals surface area contributed by atoms with E-state index < -0.39 is 0 Å². The molecule has 1 heteroatoms. The summed E-state index contributed by atoms with van der Waals surface area (Å²) in [6.45, 7) is 4.39. The molecule has 0 amide bonds. The van der Waals surface area contributed by atoms with E-state index in [4.69, 9.17) is 0 Å². The largest absolute Gasteiger partial charge is 0.205 e. The molecule has 0 aliphatic heterocycles. The molecule has 0 atom stereocenters. The van der Waals surface area contributed by atoms with Gasteiger partial charge in [-0.1, -0.05) is 86.4 Å². The van der Waals surface area contributed by atoms with Crippen LogP contribution >= 0.6 is 0 Å². The highest BCUT2D eigenvalue weighted by atomic mass is 19.1. The van der Waals surface area contributed by atoms with Crippen molar-refractivity contribution in [2.24, 2.45) is 11.8 Å². The fourth-order valence-electron chi connectivity index (χ4n) is 4.39. The topological polar surface area (TPSA) is 0 Å². The highest BCUT2D eigenvalue weighted by molar-refractivity contribution is 5.85. The average Bonchev–Trinajstić information content (AvgIpc) is 2.73. The molecule has 29 heavy (non-hydrogen) atoms. The molecular weight excluding hydrogens is 355 g/mol. The molecule has 0 spiro atoms. The van der Waals surface area contributed by atoms with Gasteiger partial charge >= 0.3 is 0 Å². The van der Waals surface area contributed by atoms with Gasteiger partial charge in [0, 0.05) is 10.9 Å². The number of halogens is 1. The SMILES string of the molecule is Cc1ccc2c(F)c(C#Cc3ccc(CCC4CCC(C)CC4)cc3)ccc2c1. The van der Waals surface area contributed by atoms with Crippen LogP contribution in [-0.4, -0.2) is 0 Å². The molecule has 1 aliphatic rings. The molecule has 3 aromatic rings. The number of fused-ring (bicyclic) bond motifs is 1. The normalized spacial score (nSPS) is 19.0. The molecule has 0 bridgehead atoms. The molecule has 0 N–H and O–H groups in total. The zero-order valence-corrected chi connectivity index (χ0v) is 17.5. The molecule has 1 saturated carbocycles. The number of hydrogen-bond donors (Lipinski definition) is 0. The van der Waals surface area contributed by atoms with Gasteiger partial charge in [-0.3, -0.25) is 0 Å². The van der Waals surface area contributed by atoms with Gasteiger partial charge in [-0.25, -0.2) is 4.39 Å². The Morgan fingerprint density at radius 3 is 2.41 bits per heavy atom. The van der Waals surface area contributed by atoms with Crippen LogP contribution in [0, 0.1) is 36.4 Å².